The number of aryl methyl sites for hydroxylation is 1. The van der Waals surface area contributed by atoms with Crippen LogP contribution < -0.4 is 5.32 Å². The van der Waals surface area contributed by atoms with Crippen molar-refractivity contribution in [3.63, 3.8) is 0 Å². The number of aromatic nitrogens is 2. The number of amides is 1. The van der Waals surface area contributed by atoms with E-state index in [9.17, 15) is 14.9 Å². The molecule has 1 heterocycles. The third-order valence-corrected chi connectivity index (χ3v) is 4.43. The van der Waals surface area contributed by atoms with E-state index in [2.05, 4.69) is 10.4 Å². The molecule has 1 aromatic carbocycles. The maximum absolute atomic E-state index is 12.6. The first-order valence-corrected chi connectivity index (χ1v) is 7.54. The van der Waals surface area contributed by atoms with Gasteiger partial charge in [0.2, 0.25) is 0 Å². The summed E-state index contributed by atoms with van der Waals surface area (Å²) in [5.74, 6) is -0.284. The molecule has 7 heteroatoms. The molecule has 1 aliphatic carbocycles. The van der Waals surface area contributed by atoms with Crippen molar-refractivity contribution < 1.29 is 9.72 Å². The first kappa shape index (κ1) is 15.2. The summed E-state index contributed by atoms with van der Waals surface area (Å²) < 4.78 is 1.84. The highest BCUT2D eigenvalue weighted by atomic mass is 16.6. The van der Waals surface area contributed by atoms with Gasteiger partial charge >= 0.3 is 0 Å². The molecule has 0 saturated carbocycles. The normalized spacial score (nSPS) is 16.7. The third-order valence-electron chi connectivity index (χ3n) is 4.43. The molecule has 120 valence electrons. The predicted molar refractivity (Wildman–Crippen MR) is 84.2 cm³/mol. The van der Waals surface area contributed by atoms with E-state index in [0.29, 0.717) is 11.1 Å². The second kappa shape index (κ2) is 5.83. The lowest BCUT2D eigenvalue weighted by Crippen LogP contribution is -2.31. The number of hydrogen-bond donors (Lipinski definition) is 1. The van der Waals surface area contributed by atoms with Crippen molar-refractivity contribution in [3.05, 3.63) is 56.9 Å². The van der Waals surface area contributed by atoms with Crippen molar-refractivity contribution >= 4 is 11.6 Å². The summed E-state index contributed by atoms with van der Waals surface area (Å²) in [6.45, 7) is 1.60. The van der Waals surface area contributed by atoms with Crippen LogP contribution in [0.4, 0.5) is 5.69 Å². The van der Waals surface area contributed by atoms with Gasteiger partial charge in [-0.25, -0.2) is 0 Å². The van der Waals surface area contributed by atoms with E-state index in [1.54, 1.807) is 19.2 Å². The number of fused-ring (bicyclic) bond motifs is 1. The Labute approximate surface area is 133 Å². The van der Waals surface area contributed by atoms with Crippen molar-refractivity contribution in [1.29, 1.82) is 0 Å². The fraction of sp³-hybridized carbons (Fsp3) is 0.375. The molecule has 2 aromatic rings. The number of carbonyl (C=O) groups excluding carboxylic acids is 1. The lowest BCUT2D eigenvalue weighted by molar-refractivity contribution is -0.385. The topological polar surface area (TPSA) is 90.1 Å². The van der Waals surface area contributed by atoms with Crippen LogP contribution in [-0.2, 0) is 13.5 Å². The summed E-state index contributed by atoms with van der Waals surface area (Å²) in [7, 11) is 1.90. The monoisotopic (exact) mass is 314 g/mol. The SMILES string of the molecule is Cc1c(C(=O)NC2CCCc3c2cnn3C)cccc1[N+](=O)[O-]. The van der Waals surface area contributed by atoms with E-state index in [1.807, 2.05) is 11.7 Å². The van der Waals surface area contributed by atoms with Gasteiger partial charge in [-0.15, -0.1) is 0 Å². The number of nitro benzene ring substituents is 1. The Morgan fingerprint density at radius 2 is 2.26 bits per heavy atom. The van der Waals surface area contributed by atoms with Gasteiger partial charge in [-0.1, -0.05) is 6.07 Å². The van der Waals surface area contributed by atoms with Crippen molar-refractivity contribution in [3.8, 4) is 0 Å². The van der Waals surface area contributed by atoms with Crippen LogP contribution in [0.3, 0.4) is 0 Å². The fourth-order valence-corrected chi connectivity index (χ4v) is 3.16. The summed E-state index contributed by atoms with van der Waals surface area (Å²) in [4.78, 5) is 23.1. The number of carbonyl (C=O) groups is 1. The van der Waals surface area contributed by atoms with Crippen LogP contribution >= 0.6 is 0 Å². The third kappa shape index (κ3) is 2.69. The molecule has 1 unspecified atom stereocenters. The Balaban J connectivity index is 1.86. The van der Waals surface area contributed by atoms with Gasteiger partial charge in [0, 0.05) is 35.5 Å². The van der Waals surface area contributed by atoms with Gasteiger partial charge in [0.05, 0.1) is 17.2 Å². The molecule has 1 atom stereocenters. The molecule has 1 aliphatic rings. The standard InChI is InChI=1S/C16H18N4O3/c1-10-11(5-3-7-14(10)20(22)23)16(21)18-13-6-4-8-15-12(13)9-17-19(15)2/h3,5,7,9,13H,4,6,8H2,1-2H3,(H,18,21). The Bertz CT molecular complexity index is 782. The largest absolute Gasteiger partial charge is 0.345 e. The van der Waals surface area contributed by atoms with Gasteiger partial charge in [0.1, 0.15) is 0 Å². The number of rotatable bonds is 3. The minimum Gasteiger partial charge on any atom is -0.345 e. The van der Waals surface area contributed by atoms with Gasteiger partial charge in [-0.05, 0) is 32.3 Å². The summed E-state index contributed by atoms with van der Waals surface area (Å²) in [5, 5.41) is 18.3. The number of nitro groups is 1. The number of hydrogen-bond acceptors (Lipinski definition) is 4. The van der Waals surface area contributed by atoms with E-state index < -0.39 is 4.92 Å². The minimum absolute atomic E-state index is 0.0386. The fourth-order valence-electron chi connectivity index (χ4n) is 3.16. The first-order chi connectivity index (χ1) is 11.0. The van der Waals surface area contributed by atoms with Gasteiger partial charge < -0.3 is 5.32 Å². The van der Waals surface area contributed by atoms with E-state index in [1.165, 1.54) is 12.1 Å². The Kier molecular flexibility index (Phi) is 3.85. The first-order valence-electron chi connectivity index (χ1n) is 7.54. The van der Waals surface area contributed by atoms with E-state index in [4.69, 9.17) is 0 Å². The molecule has 0 aliphatic heterocycles. The summed E-state index contributed by atoms with van der Waals surface area (Å²) in [6.07, 6.45) is 4.57. The molecular formula is C16H18N4O3. The molecule has 23 heavy (non-hydrogen) atoms. The second-order valence-corrected chi connectivity index (χ2v) is 5.80. The number of benzene rings is 1. The molecule has 0 radical (unpaired) electrons. The molecule has 0 bridgehead atoms. The van der Waals surface area contributed by atoms with Crippen molar-refractivity contribution in [2.24, 2.45) is 7.05 Å². The zero-order valence-electron chi connectivity index (χ0n) is 13.1. The number of nitrogens with one attached hydrogen (secondary N) is 1. The van der Waals surface area contributed by atoms with E-state index >= 15 is 0 Å². The minimum atomic E-state index is -0.466. The summed E-state index contributed by atoms with van der Waals surface area (Å²) in [6, 6.07) is 4.46. The van der Waals surface area contributed by atoms with E-state index in [0.717, 1.165) is 30.5 Å². The molecule has 7 nitrogen and oxygen atoms in total. The van der Waals surface area contributed by atoms with Crippen LogP contribution in [0.2, 0.25) is 0 Å². The van der Waals surface area contributed by atoms with Crippen LogP contribution in [0.15, 0.2) is 24.4 Å². The number of nitrogens with zero attached hydrogens (tertiary/aromatic N) is 3. The van der Waals surface area contributed by atoms with Crippen LogP contribution in [0.5, 0.6) is 0 Å². The zero-order valence-corrected chi connectivity index (χ0v) is 13.1. The van der Waals surface area contributed by atoms with Crippen LogP contribution in [0, 0.1) is 17.0 Å². The Hall–Kier alpha value is -2.70. The smallest absolute Gasteiger partial charge is 0.273 e. The van der Waals surface area contributed by atoms with E-state index in [-0.39, 0.29) is 17.6 Å². The molecule has 0 saturated heterocycles. The average molecular weight is 314 g/mol. The lowest BCUT2D eigenvalue weighted by Gasteiger charge is -2.24. The van der Waals surface area contributed by atoms with Gasteiger partial charge in [-0.2, -0.15) is 5.10 Å². The molecule has 3 rings (SSSR count). The molecule has 1 N–H and O–H groups in total. The van der Waals surface area contributed by atoms with Crippen LogP contribution in [0.1, 0.15) is 46.1 Å². The molecule has 1 aromatic heterocycles. The second-order valence-electron chi connectivity index (χ2n) is 5.80. The van der Waals surface area contributed by atoms with Crippen molar-refractivity contribution in [1.82, 2.24) is 15.1 Å². The summed E-state index contributed by atoms with van der Waals surface area (Å²) in [5.41, 5.74) is 2.86. The quantitative estimate of drug-likeness (QED) is 0.696. The molecule has 1 amide bonds. The average Bonchev–Trinajstić information content (AvgIpc) is 2.90. The maximum atomic E-state index is 12.6. The highest BCUT2D eigenvalue weighted by Gasteiger charge is 2.26. The van der Waals surface area contributed by atoms with Crippen LogP contribution in [0.25, 0.3) is 0 Å². The van der Waals surface area contributed by atoms with Gasteiger partial charge in [0.15, 0.2) is 0 Å². The lowest BCUT2D eigenvalue weighted by atomic mass is 9.92. The van der Waals surface area contributed by atoms with Gasteiger partial charge in [0.25, 0.3) is 11.6 Å². The Morgan fingerprint density at radius 3 is 3.00 bits per heavy atom. The molecule has 0 spiro atoms. The molecular weight excluding hydrogens is 296 g/mol. The van der Waals surface area contributed by atoms with Gasteiger partial charge in [-0.3, -0.25) is 19.6 Å². The van der Waals surface area contributed by atoms with Crippen molar-refractivity contribution in [2.75, 3.05) is 0 Å². The summed E-state index contributed by atoms with van der Waals surface area (Å²) >= 11 is 0. The van der Waals surface area contributed by atoms with Crippen molar-refractivity contribution in [2.45, 2.75) is 32.2 Å². The maximum Gasteiger partial charge on any atom is 0.273 e. The zero-order chi connectivity index (χ0) is 16.6. The molecule has 0 fully saturated rings. The highest BCUT2D eigenvalue weighted by molar-refractivity contribution is 5.96. The Morgan fingerprint density at radius 1 is 1.48 bits per heavy atom. The van der Waals surface area contributed by atoms with Crippen LogP contribution in [-0.4, -0.2) is 20.6 Å². The highest BCUT2D eigenvalue weighted by Crippen LogP contribution is 2.30. The predicted octanol–water partition coefficient (Wildman–Crippen LogP) is 2.44.